The monoisotopic (exact) mass is 459 g/mol. The Bertz CT molecular complexity index is 858. The van der Waals surface area contributed by atoms with E-state index in [0.29, 0.717) is 5.92 Å². The lowest BCUT2D eigenvalue weighted by Crippen LogP contribution is -2.56. The first kappa shape index (κ1) is 23.7. The average Bonchev–Trinajstić information content (AvgIpc) is 2.97. The van der Waals surface area contributed by atoms with Crippen LogP contribution in [0.2, 0.25) is 19.6 Å². The molecule has 6 heteroatoms. The topological polar surface area (TPSA) is 57.1 Å². The molecule has 4 rings (SSSR count). The maximum absolute atomic E-state index is 11.3. The molecule has 4 aliphatic rings. The van der Waals surface area contributed by atoms with Crippen LogP contribution in [0.25, 0.3) is 0 Å². The van der Waals surface area contributed by atoms with E-state index in [-0.39, 0.29) is 23.0 Å². The molecular weight excluding hydrogens is 418 g/mol. The van der Waals surface area contributed by atoms with E-state index in [1.54, 1.807) is 0 Å². The number of carbonyl (C=O) groups excluding carboxylic acids is 1. The average molecular weight is 460 g/mol. The van der Waals surface area contributed by atoms with Crippen molar-refractivity contribution in [2.45, 2.75) is 84.5 Å². The fourth-order valence-electron chi connectivity index (χ4n) is 7.55. The highest BCUT2D eigenvalue weighted by atomic mass is 28.4. The molecule has 0 aromatic carbocycles. The van der Waals surface area contributed by atoms with Crippen molar-refractivity contribution in [3.8, 4) is 0 Å². The number of fused-ring (bicyclic) bond motifs is 5. The number of hydrogen-bond acceptors (Lipinski definition) is 5. The lowest BCUT2D eigenvalue weighted by molar-refractivity contribution is -0.145. The van der Waals surface area contributed by atoms with Crippen LogP contribution < -0.4 is 0 Å². The van der Waals surface area contributed by atoms with Crippen molar-refractivity contribution in [2.75, 3.05) is 13.7 Å². The first-order chi connectivity index (χ1) is 14.9. The molecular formula is C26H41NO4Si. The van der Waals surface area contributed by atoms with Crippen LogP contribution in [0.15, 0.2) is 29.0 Å². The van der Waals surface area contributed by atoms with Crippen LogP contribution in [0.4, 0.5) is 0 Å². The Labute approximate surface area is 194 Å². The zero-order chi connectivity index (χ0) is 23.4. The lowest BCUT2D eigenvalue weighted by atomic mass is 9.47. The van der Waals surface area contributed by atoms with Crippen LogP contribution in [0.3, 0.4) is 0 Å². The molecule has 32 heavy (non-hydrogen) atoms. The van der Waals surface area contributed by atoms with E-state index >= 15 is 0 Å². The summed E-state index contributed by atoms with van der Waals surface area (Å²) in [6.07, 6.45) is 14.0. The largest absolute Gasteiger partial charge is 0.466 e. The Morgan fingerprint density at radius 3 is 2.53 bits per heavy atom. The Morgan fingerprint density at radius 1 is 1.12 bits per heavy atom. The van der Waals surface area contributed by atoms with Crippen molar-refractivity contribution < 1.29 is 18.8 Å². The summed E-state index contributed by atoms with van der Waals surface area (Å²) in [6, 6.07) is 0. The highest BCUT2D eigenvalue weighted by molar-refractivity contribution is 6.69. The van der Waals surface area contributed by atoms with Gasteiger partial charge in [-0.1, -0.05) is 30.7 Å². The predicted molar refractivity (Wildman–Crippen MR) is 130 cm³/mol. The summed E-state index contributed by atoms with van der Waals surface area (Å²) in [5.74, 6) is 1.75. The zero-order valence-corrected chi connectivity index (χ0v) is 22.0. The molecule has 0 aromatic rings. The van der Waals surface area contributed by atoms with Gasteiger partial charge in [-0.25, -0.2) is 4.79 Å². The number of allylic oxidation sites excluding steroid dienone is 4. The van der Waals surface area contributed by atoms with Gasteiger partial charge in [-0.3, -0.25) is 0 Å². The van der Waals surface area contributed by atoms with Crippen LogP contribution >= 0.6 is 0 Å². The second-order valence-electron chi connectivity index (χ2n) is 12.0. The maximum Gasteiger partial charge on any atom is 0.346 e. The van der Waals surface area contributed by atoms with E-state index in [2.05, 4.69) is 68.5 Å². The summed E-state index contributed by atoms with van der Waals surface area (Å²) in [4.78, 5) is 16.5. The Hall–Kier alpha value is -1.40. The molecule has 0 saturated heterocycles. The van der Waals surface area contributed by atoms with Gasteiger partial charge in [0.2, 0.25) is 6.61 Å². The minimum atomic E-state index is -1.61. The summed E-state index contributed by atoms with van der Waals surface area (Å²) >= 11 is 0. The molecule has 4 aliphatic carbocycles. The van der Waals surface area contributed by atoms with Gasteiger partial charge in [-0.2, -0.15) is 0 Å². The molecule has 0 aliphatic heterocycles. The van der Waals surface area contributed by atoms with Crippen LogP contribution in [0.5, 0.6) is 0 Å². The van der Waals surface area contributed by atoms with Crippen LogP contribution in [0, 0.1) is 28.6 Å². The van der Waals surface area contributed by atoms with Crippen LogP contribution in [-0.4, -0.2) is 39.3 Å². The van der Waals surface area contributed by atoms with Gasteiger partial charge in [0, 0.05) is 5.41 Å². The van der Waals surface area contributed by atoms with E-state index in [1.165, 1.54) is 44.8 Å². The fourth-order valence-corrected chi connectivity index (χ4v) is 9.24. The van der Waals surface area contributed by atoms with Gasteiger partial charge in [0.15, 0.2) is 8.32 Å². The summed E-state index contributed by atoms with van der Waals surface area (Å²) in [6.45, 7) is 14.2. The fraction of sp³-hybridized carbons (Fsp3) is 0.769. The summed E-state index contributed by atoms with van der Waals surface area (Å²) in [7, 11) is -0.255. The van der Waals surface area contributed by atoms with Gasteiger partial charge in [0.05, 0.1) is 12.7 Å². The standard InChI is InChI=1S/C26H41NO4Si/c1-24-13-10-19(27-30-17-23(28)29-4)16-18(24)8-9-20-21(24)11-14-25(2)22(20)12-15-26(25,3)31-32(5,6)7/h10,13,16,20-22H,8-9,11-12,14-15,17H2,1-7H3/b27-19-/t20-,21+,22+,24+,25+,26+/m1/s1. The van der Waals surface area contributed by atoms with Gasteiger partial charge < -0.3 is 14.0 Å². The highest BCUT2D eigenvalue weighted by Gasteiger charge is 2.63. The minimum Gasteiger partial charge on any atom is -0.466 e. The second-order valence-corrected chi connectivity index (χ2v) is 16.4. The Balaban J connectivity index is 1.53. The molecule has 0 N–H and O–H groups in total. The third kappa shape index (κ3) is 3.91. The molecule has 3 saturated carbocycles. The number of ether oxygens (including phenoxy) is 1. The molecule has 3 fully saturated rings. The van der Waals surface area contributed by atoms with Gasteiger partial charge in [-0.05, 0) is 100 Å². The molecule has 0 aromatic heterocycles. The first-order valence-electron chi connectivity index (χ1n) is 12.3. The van der Waals surface area contributed by atoms with Gasteiger partial charge in [0.25, 0.3) is 0 Å². The van der Waals surface area contributed by atoms with Crippen molar-refractivity contribution in [3.63, 3.8) is 0 Å². The van der Waals surface area contributed by atoms with Crippen molar-refractivity contribution in [2.24, 2.45) is 33.7 Å². The molecule has 0 heterocycles. The number of methoxy groups -OCH3 is 1. The van der Waals surface area contributed by atoms with E-state index in [9.17, 15) is 4.79 Å². The third-order valence-corrected chi connectivity index (χ3v) is 10.3. The molecule has 0 amide bonds. The molecule has 178 valence electrons. The quantitative estimate of drug-likeness (QED) is 0.293. The SMILES string of the molecule is COC(=O)CO/N=C1/C=C[C@@]2(C)C(=C1)CC[C@@H]1[C@@H]2CC[C@@]2(C)[C@H]1CC[C@]2(C)O[Si](C)(C)C. The molecule has 6 atom stereocenters. The van der Waals surface area contributed by atoms with E-state index in [0.717, 1.165) is 24.0 Å². The maximum atomic E-state index is 11.3. The van der Waals surface area contributed by atoms with Gasteiger partial charge in [0.1, 0.15) is 5.71 Å². The van der Waals surface area contributed by atoms with E-state index in [4.69, 9.17) is 9.26 Å². The van der Waals surface area contributed by atoms with Crippen molar-refractivity contribution in [3.05, 3.63) is 23.8 Å². The number of esters is 1. The first-order valence-corrected chi connectivity index (χ1v) is 15.7. The molecule has 0 spiro atoms. The van der Waals surface area contributed by atoms with Crippen LogP contribution in [0.1, 0.15) is 59.3 Å². The van der Waals surface area contributed by atoms with Crippen LogP contribution in [-0.2, 0) is 18.8 Å². The Morgan fingerprint density at radius 2 is 1.84 bits per heavy atom. The number of hydrogen-bond donors (Lipinski definition) is 0. The normalized spacial score (nSPS) is 42.0. The van der Waals surface area contributed by atoms with E-state index in [1.807, 2.05) is 0 Å². The number of oxime groups is 1. The summed E-state index contributed by atoms with van der Waals surface area (Å²) in [5, 5.41) is 4.15. The molecule has 0 bridgehead atoms. The molecule has 0 unspecified atom stereocenters. The predicted octanol–water partition coefficient (Wildman–Crippen LogP) is 5.88. The number of carbonyl (C=O) groups is 1. The summed E-state index contributed by atoms with van der Waals surface area (Å²) in [5.41, 5.74) is 2.63. The minimum absolute atomic E-state index is 0.0172. The summed E-state index contributed by atoms with van der Waals surface area (Å²) < 4.78 is 11.5. The number of rotatable bonds is 5. The van der Waals surface area contributed by atoms with Crippen molar-refractivity contribution in [1.82, 2.24) is 0 Å². The second kappa shape index (κ2) is 8.12. The number of nitrogens with zero attached hydrogens (tertiary/aromatic N) is 1. The van der Waals surface area contributed by atoms with Gasteiger partial charge in [-0.15, -0.1) is 0 Å². The molecule has 0 radical (unpaired) electrons. The lowest BCUT2D eigenvalue weighted by Gasteiger charge is -2.59. The Kier molecular flexibility index (Phi) is 6.03. The smallest absolute Gasteiger partial charge is 0.346 e. The van der Waals surface area contributed by atoms with Crippen molar-refractivity contribution in [1.29, 1.82) is 0 Å². The zero-order valence-electron chi connectivity index (χ0n) is 21.0. The van der Waals surface area contributed by atoms with E-state index < -0.39 is 14.3 Å². The molecule has 5 nitrogen and oxygen atoms in total. The van der Waals surface area contributed by atoms with Crippen molar-refractivity contribution >= 4 is 20.0 Å². The van der Waals surface area contributed by atoms with Gasteiger partial charge >= 0.3 is 5.97 Å². The third-order valence-electron chi connectivity index (χ3n) is 9.21. The highest BCUT2D eigenvalue weighted by Crippen LogP contribution is 2.67.